The molecule has 0 saturated heterocycles. The van der Waals surface area contributed by atoms with Crippen LogP contribution in [-0.2, 0) is 14.8 Å². The standard InChI is InChI=1S/C14H22N2O3S/c1-10-7-6-8-13(11(10)2)12(3)15-14(17)9-16(4)20(5,18)19/h6-8,12H,9H2,1-5H3,(H,15,17)/t12-/m0/s1. The second kappa shape index (κ2) is 6.37. The molecule has 0 heterocycles. The van der Waals surface area contributed by atoms with E-state index in [1.54, 1.807) is 0 Å². The lowest BCUT2D eigenvalue weighted by Gasteiger charge is -2.20. The van der Waals surface area contributed by atoms with Crippen molar-refractivity contribution in [2.45, 2.75) is 26.8 Å². The zero-order chi connectivity index (χ0) is 15.5. The van der Waals surface area contributed by atoms with Crippen LogP contribution in [0.4, 0.5) is 0 Å². The van der Waals surface area contributed by atoms with Crippen LogP contribution >= 0.6 is 0 Å². The van der Waals surface area contributed by atoms with Crippen LogP contribution in [-0.4, -0.2) is 38.5 Å². The molecule has 1 aromatic carbocycles. The first-order valence-electron chi connectivity index (χ1n) is 6.39. The molecule has 0 aliphatic heterocycles. The summed E-state index contributed by atoms with van der Waals surface area (Å²) in [6, 6.07) is 5.77. The van der Waals surface area contributed by atoms with Gasteiger partial charge in [0.1, 0.15) is 0 Å². The van der Waals surface area contributed by atoms with Crippen molar-refractivity contribution in [2.24, 2.45) is 0 Å². The fourth-order valence-electron chi connectivity index (χ4n) is 1.93. The summed E-state index contributed by atoms with van der Waals surface area (Å²) in [5, 5.41) is 2.82. The number of carbonyl (C=O) groups excluding carboxylic acids is 1. The molecule has 0 bridgehead atoms. The van der Waals surface area contributed by atoms with Gasteiger partial charge in [-0.25, -0.2) is 8.42 Å². The molecule has 0 saturated carbocycles. The van der Waals surface area contributed by atoms with E-state index in [2.05, 4.69) is 5.32 Å². The van der Waals surface area contributed by atoms with Gasteiger partial charge in [-0.15, -0.1) is 0 Å². The molecule has 1 N–H and O–H groups in total. The second-order valence-corrected chi connectivity index (χ2v) is 7.19. The molecule has 1 rings (SSSR count). The highest BCUT2D eigenvalue weighted by Gasteiger charge is 2.17. The Morgan fingerprint density at radius 2 is 1.95 bits per heavy atom. The second-order valence-electron chi connectivity index (χ2n) is 5.10. The third-order valence-electron chi connectivity index (χ3n) is 3.42. The Kier molecular flexibility index (Phi) is 5.30. The predicted molar refractivity (Wildman–Crippen MR) is 79.9 cm³/mol. The summed E-state index contributed by atoms with van der Waals surface area (Å²) >= 11 is 0. The molecule has 1 atom stereocenters. The van der Waals surface area contributed by atoms with E-state index in [-0.39, 0.29) is 18.5 Å². The molecule has 112 valence electrons. The van der Waals surface area contributed by atoms with E-state index < -0.39 is 10.0 Å². The molecule has 0 fully saturated rings. The Balaban J connectivity index is 2.74. The van der Waals surface area contributed by atoms with Gasteiger partial charge in [-0.2, -0.15) is 4.31 Å². The van der Waals surface area contributed by atoms with Crippen LogP contribution in [0, 0.1) is 13.8 Å². The highest BCUT2D eigenvalue weighted by Crippen LogP contribution is 2.19. The number of hydrogen-bond donors (Lipinski definition) is 1. The van der Waals surface area contributed by atoms with Gasteiger partial charge in [-0.1, -0.05) is 18.2 Å². The van der Waals surface area contributed by atoms with Gasteiger partial charge in [0, 0.05) is 7.05 Å². The third kappa shape index (κ3) is 4.31. The molecule has 6 heteroatoms. The van der Waals surface area contributed by atoms with Gasteiger partial charge in [0.05, 0.1) is 18.8 Å². The van der Waals surface area contributed by atoms with Crippen LogP contribution in [0.5, 0.6) is 0 Å². The Morgan fingerprint density at radius 3 is 2.50 bits per heavy atom. The number of nitrogens with one attached hydrogen (secondary N) is 1. The highest BCUT2D eigenvalue weighted by atomic mass is 32.2. The molecule has 20 heavy (non-hydrogen) atoms. The number of sulfonamides is 1. The first kappa shape index (κ1) is 16.7. The fourth-order valence-corrected chi connectivity index (χ4v) is 2.28. The summed E-state index contributed by atoms with van der Waals surface area (Å²) in [7, 11) is -1.95. The number of carbonyl (C=O) groups is 1. The van der Waals surface area contributed by atoms with Crippen LogP contribution in [0.15, 0.2) is 18.2 Å². The lowest BCUT2D eigenvalue weighted by molar-refractivity contribution is -0.121. The molecular formula is C14H22N2O3S. The summed E-state index contributed by atoms with van der Waals surface area (Å²) in [4.78, 5) is 11.9. The zero-order valence-electron chi connectivity index (χ0n) is 12.6. The minimum Gasteiger partial charge on any atom is -0.348 e. The number of likely N-dealkylation sites (N-methyl/N-ethyl adjacent to an activating group) is 1. The minimum atomic E-state index is -3.34. The van der Waals surface area contributed by atoms with Gasteiger partial charge in [-0.3, -0.25) is 4.79 Å². The van der Waals surface area contributed by atoms with Gasteiger partial charge in [-0.05, 0) is 37.5 Å². The van der Waals surface area contributed by atoms with Crippen LogP contribution < -0.4 is 5.32 Å². The fraction of sp³-hybridized carbons (Fsp3) is 0.500. The van der Waals surface area contributed by atoms with Crippen molar-refractivity contribution in [1.82, 2.24) is 9.62 Å². The largest absolute Gasteiger partial charge is 0.348 e. The maximum absolute atomic E-state index is 11.9. The van der Waals surface area contributed by atoms with Crippen molar-refractivity contribution < 1.29 is 13.2 Å². The minimum absolute atomic E-state index is 0.157. The lowest BCUT2D eigenvalue weighted by atomic mass is 9.98. The summed E-state index contributed by atoms with van der Waals surface area (Å²) in [6.07, 6.45) is 1.08. The number of benzene rings is 1. The van der Waals surface area contributed by atoms with Crippen LogP contribution in [0.2, 0.25) is 0 Å². The molecule has 0 aliphatic rings. The number of hydrogen-bond acceptors (Lipinski definition) is 3. The van der Waals surface area contributed by atoms with Crippen molar-refractivity contribution in [2.75, 3.05) is 19.8 Å². The molecule has 0 unspecified atom stereocenters. The van der Waals surface area contributed by atoms with Gasteiger partial charge in [0.25, 0.3) is 0 Å². The van der Waals surface area contributed by atoms with E-state index in [9.17, 15) is 13.2 Å². The van der Waals surface area contributed by atoms with E-state index in [1.807, 2.05) is 39.0 Å². The number of aryl methyl sites for hydroxylation is 1. The Bertz CT molecular complexity index is 596. The molecule has 5 nitrogen and oxygen atoms in total. The summed E-state index contributed by atoms with van der Waals surface area (Å²) < 4.78 is 23.6. The molecule has 0 spiro atoms. The molecule has 0 radical (unpaired) electrons. The van der Waals surface area contributed by atoms with E-state index in [4.69, 9.17) is 0 Å². The smallest absolute Gasteiger partial charge is 0.235 e. The first-order chi connectivity index (χ1) is 9.12. The van der Waals surface area contributed by atoms with Crippen molar-refractivity contribution in [3.05, 3.63) is 34.9 Å². The Hall–Kier alpha value is -1.40. The maximum atomic E-state index is 11.9. The third-order valence-corrected chi connectivity index (χ3v) is 4.68. The summed E-state index contributed by atoms with van der Waals surface area (Å²) in [5.41, 5.74) is 3.34. The van der Waals surface area contributed by atoms with Gasteiger partial charge >= 0.3 is 0 Å². The number of amides is 1. The molecule has 0 aliphatic carbocycles. The van der Waals surface area contributed by atoms with E-state index in [0.717, 1.165) is 27.3 Å². The molecular weight excluding hydrogens is 276 g/mol. The average molecular weight is 298 g/mol. The van der Waals surface area contributed by atoms with Gasteiger partial charge < -0.3 is 5.32 Å². The first-order valence-corrected chi connectivity index (χ1v) is 8.24. The van der Waals surface area contributed by atoms with Crippen LogP contribution in [0.25, 0.3) is 0 Å². The average Bonchev–Trinajstić information content (AvgIpc) is 2.31. The summed E-state index contributed by atoms with van der Waals surface area (Å²) in [5.74, 6) is -0.314. The molecule has 0 aromatic heterocycles. The normalized spacial score (nSPS) is 13.3. The highest BCUT2D eigenvalue weighted by molar-refractivity contribution is 7.88. The van der Waals surface area contributed by atoms with Crippen molar-refractivity contribution in [3.63, 3.8) is 0 Å². The number of rotatable bonds is 5. The van der Waals surface area contributed by atoms with E-state index >= 15 is 0 Å². The van der Waals surface area contributed by atoms with Gasteiger partial charge in [0.15, 0.2) is 0 Å². The van der Waals surface area contributed by atoms with Crippen molar-refractivity contribution in [1.29, 1.82) is 0 Å². The van der Waals surface area contributed by atoms with Crippen LogP contribution in [0.1, 0.15) is 29.7 Å². The zero-order valence-corrected chi connectivity index (χ0v) is 13.4. The molecule has 1 aromatic rings. The predicted octanol–water partition coefficient (Wildman–Crippen LogP) is 1.37. The van der Waals surface area contributed by atoms with Crippen molar-refractivity contribution in [3.8, 4) is 0 Å². The maximum Gasteiger partial charge on any atom is 0.235 e. The Labute approximate surface area is 121 Å². The van der Waals surface area contributed by atoms with E-state index in [0.29, 0.717) is 0 Å². The molecule has 1 amide bonds. The monoisotopic (exact) mass is 298 g/mol. The SMILES string of the molecule is Cc1cccc([C@H](C)NC(=O)CN(C)S(C)(=O)=O)c1C. The van der Waals surface area contributed by atoms with E-state index in [1.165, 1.54) is 7.05 Å². The van der Waals surface area contributed by atoms with Crippen molar-refractivity contribution >= 4 is 15.9 Å². The Morgan fingerprint density at radius 1 is 1.35 bits per heavy atom. The lowest BCUT2D eigenvalue weighted by Crippen LogP contribution is -2.38. The van der Waals surface area contributed by atoms with Crippen LogP contribution in [0.3, 0.4) is 0 Å². The summed E-state index contributed by atoms with van der Waals surface area (Å²) in [6.45, 7) is 5.74. The quantitative estimate of drug-likeness (QED) is 0.893. The van der Waals surface area contributed by atoms with Gasteiger partial charge in [0.2, 0.25) is 15.9 Å². The topological polar surface area (TPSA) is 66.5 Å². The number of nitrogens with zero attached hydrogens (tertiary/aromatic N) is 1.